The van der Waals surface area contributed by atoms with Crippen molar-refractivity contribution in [2.75, 3.05) is 5.32 Å². The highest BCUT2D eigenvalue weighted by molar-refractivity contribution is 6.33. The van der Waals surface area contributed by atoms with Crippen LogP contribution in [0.15, 0.2) is 18.2 Å². The Hall–Kier alpha value is -2.15. The summed E-state index contributed by atoms with van der Waals surface area (Å²) in [4.78, 5) is 34.3. The van der Waals surface area contributed by atoms with Gasteiger partial charge in [-0.05, 0) is 25.3 Å². The monoisotopic (exact) mass is 382 g/mol. The number of carbonyl (C=O) groups is 2. The molecule has 8 heteroatoms. The van der Waals surface area contributed by atoms with Crippen molar-refractivity contribution in [2.45, 2.75) is 58.0 Å². The summed E-state index contributed by atoms with van der Waals surface area (Å²) in [5.74, 6) is -0.439. The Labute approximate surface area is 157 Å². The molecule has 0 spiro atoms. The number of carbonyl (C=O) groups excluding carboxylic acids is 2. The van der Waals surface area contributed by atoms with Crippen LogP contribution in [0.5, 0.6) is 0 Å². The molecule has 26 heavy (non-hydrogen) atoms. The second-order valence-electron chi connectivity index (χ2n) is 6.59. The number of amides is 1. The highest BCUT2D eigenvalue weighted by atomic mass is 35.5. The van der Waals surface area contributed by atoms with Crippen LogP contribution < -0.4 is 5.32 Å². The first-order valence-electron chi connectivity index (χ1n) is 8.81. The summed E-state index contributed by atoms with van der Waals surface area (Å²) < 4.78 is 5.17. The molecule has 0 aromatic heterocycles. The van der Waals surface area contributed by atoms with Gasteiger partial charge in [0.1, 0.15) is 0 Å². The highest BCUT2D eigenvalue weighted by Gasteiger charge is 2.21. The third-order valence-corrected chi connectivity index (χ3v) is 4.91. The van der Waals surface area contributed by atoms with Gasteiger partial charge in [-0.25, -0.2) is 0 Å². The molecule has 0 unspecified atom stereocenters. The van der Waals surface area contributed by atoms with Crippen LogP contribution in [-0.2, 0) is 14.3 Å². The Morgan fingerprint density at radius 3 is 2.69 bits per heavy atom. The minimum Gasteiger partial charge on any atom is -0.453 e. The SMILES string of the molecule is C[C@@H](OC(=O)CCC1CCCCC1)C(=O)Nc1cc([N+](=O)[O-])ccc1Cl. The molecule has 1 fully saturated rings. The molecule has 1 amide bonds. The van der Waals surface area contributed by atoms with Crippen LogP contribution >= 0.6 is 11.6 Å². The van der Waals surface area contributed by atoms with E-state index >= 15 is 0 Å². The molecule has 1 aliphatic carbocycles. The lowest BCUT2D eigenvalue weighted by Gasteiger charge is -2.21. The molecule has 7 nitrogen and oxygen atoms in total. The molecule has 1 N–H and O–H groups in total. The molecule has 0 bridgehead atoms. The van der Waals surface area contributed by atoms with Gasteiger partial charge in [-0.15, -0.1) is 0 Å². The van der Waals surface area contributed by atoms with Crippen LogP contribution in [0.4, 0.5) is 11.4 Å². The number of nitrogens with zero attached hydrogens (tertiary/aromatic N) is 1. The standard InChI is InChI=1S/C18H23ClN2O5/c1-12(26-17(22)10-7-13-5-3-2-4-6-13)18(23)20-16-11-14(21(24)25)8-9-15(16)19/h8-9,11-13H,2-7,10H2,1H3,(H,20,23)/t12-/m1/s1. The van der Waals surface area contributed by atoms with Crippen LogP contribution in [0.3, 0.4) is 0 Å². The molecule has 1 aliphatic rings. The van der Waals surface area contributed by atoms with Crippen LogP contribution in [0.1, 0.15) is 51.9 Å². The van der Waals surface area contributed by atoms with Crippen LogP contribution in [0, 0.1) is 16.0 Å². The molecule has 0 heterocycles. The normalized spacial score (nSPS) is 15.9. The number of anilines is 1. The van der Waals surface area contributed by atoms with Crippen molar-refractivity contribution in [3.8, 4) is 0 Å². The van der Waals surface area contributed by atoms with Crippen molar-refractivity contribution in [3.05, 3.63) is 33.3 Å². The number of nitro groups is 1. The van der Waals surface area contributed by atoms with E-state index in [2.05, 4.69) is 5.32 Å². The number of benzene rings is 1. The molecule has 1 saturated carbocycles. The lowest BCUT2D eigenvalue weighted by Crippen LogP contribution is -2.30. The molecule has 142 valence electrons. The molecule has 2 rings (SSSR count). The fourth-order valence-electron chi connectivity index (χ4n) is 3.06. The van der Waals surface area contributed by atoms with Crippen LogP contribution in [0.2, 0.25) is 5.02 Å². The van der Waals surface area contributed by atoms with E-state index in [-0.39, 0.29) is 16.4 Å². The van der Waals surface area contributed by atoms with E-state index in [0.717, 1.165) is 25.3 Å². The summed E-state index contributed by atoms with van der Waals surface area (Å²) in [6, 6.07) is 3.74. The Balaban J connectivity index is 1.84. The molecule has 1 aromatic rings. The lowest BCUT2D eigenvalue weighted by atomic mass is 9.86. The van der Waals surface area contributed by atoms with Gasteiger partial charge in [-0.3, -0.25) is 19.7 Å². The van der Waals surface area contributed by atoms with Crippen LogP contribution in [-0.4, -0.2) is 22.9 Å². The lowest BCUT2D eigenvalue weighted by molar-refractivity contribution is -0.384. The summed E-state index contributed by atoms with van der Waals surface area (Å²) >= 11 is 5.95. The Kier molecular flexibility index (Phi) is 7.38. The summed E-state index contributed by atoms with van der Waals surface area (Å²) in [5, 5.41) is 13.4. The minimum absolute atomic E-state index is 0.107. The molecule has 0 radical (unpaired) electrons. The number of esters is 1. The van der Waals surface area contributed by atoms with Gasteiger partial charge >= 0.3 is 5.97 Å². The largest absolute Gasteiger partial charge is 0.453 e. The molecule has 0 saturated heterocycles. The van der Waals surface area contributed by atoms with E-state index < -0.39 is 22.9 Å². The predicted octanol–water partition coefficient (Wildman–Crippen LogP) is 4.48. The molecular formula is C18H23ClN2O5. The molecule has 0 aliphatic heterocycles. The summed E-state index contributed by atoms with van der Waals surface area (Å²) in [6.07, 6.45) is 6.04. The molecule has 1 atom stereocenters. The predicted molar refractivity (Wildman–Crippen MR) is 98.1 cm³/mol. The van der Waals surface area contributed by atoms with Gasteiger partial charge in [-0.1, -0.05) is 43.7 Å². The van der Waals surface area contributed by atoms with E-state index in [1.54, 1.807) is 0 Å². The van der Waals surface area contributed by atoms with Gasteiger partial charge in [0.25, 0.3) is 11.6 Å². The number of halogens is 1. The van der Waals surface area contributed by atoms with E-state index in [1.807, 2.05) is 0 Å². The maximum atomic E-state index is 12.2. The van der Waals surface area contributed by atoms with Gasteiger partial charge in [0, 0.05) is 18.6 Å². The number of nitrogens with one attached hydrogen (secondary N) is 1. The van der Waals surface area contributed by atoms with Gasteiger partial charge in [0.15, 0.2) is 6.10 Å². The number of non-ortho nitro benzene ring substituents is 1. The van der Waals surface area contributed by atoms with E-state index in [0.29, 0.717) is 12.3 Å². The fourth-order valence-corrected chi connectivity index (χ4v) is 3.23. The molecular weight excluding hydrogens is 360 g/mol. The first kappa shape index (κ1) is 20.2. The summed E-state index contributed by atoms with van der Waals surface area (Å²) in [5.41, 5.74) is -0.0854. The minimum atomic E-state index is -1.01. The second-order valence-corrected chi connectivity index (χ2v) is 6.99. The summed E-state index contributed by atoms with van der Waals surface area (Å²) in [7, 11) is 0. The van der Waals surface area contributed by atoms with Gasteiger partial charge in [0.05, 0.1) is 15.6 Å². The third kappa shape index (κ3) is 5.98. The zero-order chi connectivity index (χ0) is 19.1. The maximum Gasteiger partial charge on any atom is 0.306 e. The van der Waals surface area contributed by atoms with Crippen molar-refractivity contribution >= 4 is 34.9 Å². The average molecular weight is 383 g/mol. The first-order chi connectivity index (χ1) is 12.4. The van der Waals surface area contributed by atoms with Gasteiger partial charge in [0.2, 0.25) is 0 Å². The highest BCUT2D eigenvalue weighted by Crippen LogP contribution is 2.28. The Bertz CT molecular complexity index is 674. The second kappa shape index (κ2) is 9.52. The maximum absolute atomic E-state index is 12.2. The average Bonchev–Trinajstić information content (AvgIpc) is 2.62. The Morgan fingerprint density at radius 1 is 1.35 bits per heavy atom. The number of hydrogen-bond acceptors (Lipinski definition) is 5. The smallest absolute Gasteiger partial charge is 0.306 e. The number of nitro benzene ring substituents is 1. The topological polar surface area (TPSA) is 98.5 Å². The fraction of sp³-hybridized carbons (Fsp3) is 0.556. The van der Waals surface area contributed by atoms with E-state index in [9.17, 15) is 19.7 Å². The van der Waals surface area contributed by atoms with Crippen molar-refractivity contribution < 1.29 is 19.2 Å². The number of rotatable bonds is 7. The van der Waals surface area contributed by atoms with Gasteiger partial charge < -0.3 is 10.1 Å². The zero-order valence-corrected chi connectivity index (χ0v) is 15.5. The van der Waals surface area contributed by atoms with Gasteiger partial charge in [-0.2, -0.15) is 0 Å². The zero-order valence-electron chi connectivity index (χ0n) is 14.7. The van der Waals surface area contributed by atoms with E-state index in [4.69, 9.17) is 16.3 Å². The number of ether oxygens (including phenoxy) is 1. The van der Waals surface area contributed by atoms with Crippen molar-refractivity contribution in [2.24, 2.45) is 5.92 Å². The first-order valence-corrected chi connectivity index (χ1v) is 9.19. The van der Waals surface area contributed by atoms with Crippen LogP contribution in [0.25, 0.3) is 0 Å². The van der Waals surface area contributed by atoms with Crippen molar-refractivity contribution in [1.82, 2.24) is 0 Å². The van der Waals surface area contributed by atoms with Crippen molar-refractivity contribution in [1.29, 1.82) is 0 Å². The number of hydrogen-bond donors (Lipinski definition) is 1. The Morgan fingerprint density at radius 2 is 2.04 bits per heavy atom. The quantitative estimate of drug-likeness (QED) is 0.426. The molecule has 1 aromatic carbocycles. The third-order valence-electron chi connectivity index (χ3n) is 4.58. The van der Waals surface area contributed by atoms with Crippen molar-refractivity contribution in [3.63, 3.8) is 0 Å². The summed E-state index contributed by atoms with van der Waals surface area (Å²) in [6.45, 7) is 1.46. The van der Waals surface area contributed by atoms with E-state index in [1.165, 1.54) is 38.3 Å².